The molecule has 170 valence electrons. The zero-order valence-electron chi connectivity index (χ0n) is 19.3. The van der Waals surface area contributed by atoms with Gasteiger partial charge in [-0.25, -0.2) is 0 Å². The molecule has 0 aliphatic carbocycles. The van der Waals surface area contributed by atoms with Crippen molar-refractivity contribution in [2.45, 2.75) is 0 Å². The third kappa shape index (κ3) is 2.79. The fraction of sp³-hybridized carbons (Fsp3) is 0. The van der Waals surface area contributed by atoms with Crippen LogP contribution in [-0.2, 0) is 0 Å². The van der Waals surface area contributed by atoms with Crippen molar-refractivity contribution in [2.24, 2.45) is 0 Å². The molecular weight excluding hydrogens is 460 g/mol. The molecule has 0 N–H and O–H groups in total. The standard InChI is InChI=1S/C32H20N2OS/c1-2-8-26-24(7-1)25-19-21-17-18-36-32(21)20-29(25)33(26)22-13-15-23(16-14-22)34-27-9-3-5-11-30(27)35-31-12-6-4-10-28(31)34/h1-20H. The molecule has 8 rings (SSSR count). The van der Waals surface area contributed by atoms with Gasteiger partial charge in [-0.15, -0.1) is 11.3 Å². The molecule has 1 aliphatic rings. The minimum Gasteiger partial charge on any atom is -0.453 e. The molecule has 2 aromatic heterocycles. The Hall–Kier alpha value is -4.54. The quantitative estimate of drug-likeness (QED) is 0.245. The third-order valence-corrected chi connectivity index (χ3v) is 7.92. The summed E-state index contributed by atoms with van der Waals surface area (Å²) in [6, 6.07) is 40.8. The van der Waals surface area contributed by atoms with Crippen molar-refractivity contribution in [2.75, 3.05) is 4.90 Å². The van der Waals surface area contributed by atoms with E-state index in [2.05, 4.69) is 106 Å². The van der Waals surface area contributed by atoms with Gasteiger partial charge < -0.3 is 14.2 Å². The molecule has 0 fully saturated rings. The van der Waals surface area contributed by atoms with Gasteiger partial charge in [-0.1, -0.05) is 42.5 Å². The lowest BCUT2D eigenvalue weighted by Crippen LogP contribution is -2.15. The van der Waals surface area contributed by atoms with Gasteiger partial charge in [-0.05, 0) is 83.6 Å². The maximum Gasteiger partial charge on any atom is 0.151 e. The average Bonchev–Trinajstić information content (AvgIpc) is 3.52. The molecule has 3 nitrogen and oxygen atoms in total. The molecular formula is C32H20N2OS. The molecule has 0 atom stereocenters. The smallest absolute Gasteiger partial charge is 0.151 e. The molecule has 0 unspecified atom stereocenters. The minimum atomic E-state index is 0.864. The van der Waals surface area contributed by atoms with Crippen LogP contribution in [-0.4, -0.2) is 4.57 Å². The van der Waals surface area contributed by atoms with E-state index in [1.807, 2.05) is 24.3 Å². The van der Waals surface area contributed by atoms with Gasteiger partial charge in [-0.2, -0.15) is 0 Å². The van der Waals surface area contributed by atoms with Gasteiger partial charge in [0, 0.05) is 26.8 Å². The van der Waals surface area contributed by atoms with Crippen LogP contribution in [0, 0.1) is 0 Å². The Morgan fingerprint density at radius 3 is 2.00 bits per heavy atom. The Bertz CT molecular complexity index is 1880. The summed E-state index contributed by atoms with van der Waals surface area (Å²) in [5, 5.41) is 6.04. The summed E-state index contributed by atoms with van der Waals surface area (Å²) in [5.41, 5.74) is 6.79. The molecule has 0 bridgehead atoms. The van der Waals surface area contributed by atoms with E-state index in [0.29, 0.717) is 0 Å². The Morgan fingerprint density at radius 2 is 1.22 bits per heavy atom. The number of aromatic nitrogens is 1. The minimum absolute atomic E-state index is 0.864. The molecule has 0 spiro atoms. The van der Waals surface area contributed by atoms with E-state index in [4.69, 9.17) is 4.74 Å². The molecule has 0 saturated heterocycles. The summed E-state index contributed by atoms with van der Waals surface area (Å²) in [6.07, 6.45) is 0. The Morgan fingerprint density at radius 1 is 0.556 bits per heavy atom. The van der Waals surface area contributed by atoms with Crippen LogP contribution in [0.1, 0.15) is 0 Å². The Kier molecular flexibility index (Phi) is 4.10. The number of thiophene rings is 1. The number of ether oxygens (including phenoxy) is 1. The van der Waals surface area contributed by atoms with Crippen LogP contribution in [0.15, 0.2) is 121 Å². The largest absolute Gasteiger partial charge is 0.453 e. The van der Waals surface area contributed by atoms with E-state index in [1.54, 1.807) is 11.3 Å². The number of para-hydroxylation sites is 5. The third-order valence-electron chi connectivity index (χ3n) is 7.05. The molecule has 5 aromatic carbocycles. The second kappa shape index (κ2) is 7.48. The first-order valence-electron chi connectivity index (χ1n) is 12.0. The molecule has 1 aliphatic heterocycles. The first kappa shape index (κ1) is 19.7. The maximum atomic E-state index is 6.19. The first-order chi connectivity index (χ1) is 17.8. The number of fused-ring (bicyclic) bond motifs is 6. The lowest BCUT2D eigenvalue weighted by Gasteiger charge is -2.32. The SMILES string of the molecule is c1ccc2c(c1)Oc1ccccc1N2c1ccc(-n2c3ccccc3c3cc4ccsc4cc32)cc1. The molecule has 7 aromatic rings. The van der Waals surface area contributed by atoms with Crippen LogP contribution in [0.4, 0.5) is 17.1 Å². The normalized spacial score (nSPS) is 12.6. The zero-order valence-corrected chi connectivity index (χ0v) is 20.1. The summed E-state index contributed by atoms with van der Waals surface area (Å²) in [5.74, 6) is 1.73. The molecule has 36 heavy (non-hydrogen) atoms. The molecule has 4 heteroatoms. The summed E-state index contributed by atoms with van der Waals surface area (Å²) < 4.78 is 9.89. The van der Waals surface area contributed by atoms with Crippen LogP contribution in [0.2, 0.25) is 0 Å². The molecule has 3 heterocycles. The van der Waals surface area contributed by atoms with E-state index in [1.165, 1.54) is 31.9 Å². The number of anilines is 3. The van der Waals surface area contributed by atoms with E-state index in [9.17, 15) is 0 Å². The fourth-order valence-electron chi connectivity index (χ4n) is 5.44. The van der Waals surface area contributed by atoms with Gasteiger partial charge in [-0.3, -0.25) is 0 Å². The monoisotopic (exact) mass is 480 g/mol. The average molecular weight is 481 g/mol. The molecule has 0 amide bonds. The lowest BCUT2D eigenvalue weighted by molar-refractivity contribution is 0.477. The predicted octanol–water partition coefficient (Wildman–Crippen LogP) is 9.57. The highest BCUT2D eigenvalue weighted by atomic mass is 32.1. The molecule has 0 saturated carbocycles. The van der Waals surface area contributed by atoms with Crippen LogP contribution in [0.25, 0.3) is 37.6 Å². The zero-order chi connectivity index (χ0) is 23.6. The van der Waals surface area contributed by atoms with E-state index in [0.717, 1.165) is 34.2 Å². The van der Waals surface area contributed by atoms with Crippen molar-refractivity contribution < 1.29 is 4.74 Å². The van der Waals surface area contributed by atoms with Gasteiger partial charge in [0.1, 0.15) is 0 Å². The highest BCUT2D eigenvalue weighted by molar-refractivity contribution is 7.17. The van der Waals surface area contributed by atoms with Crippen molar-refractivity contribution in [1.29, 1.82) is 0 Å². The van der Waals surface area contributed by atoms with E-state index >= 15 is 0 Å². The lowest BCUT2D eigenvalue weighted by atomic mass is 10.1. The number of hydrogen-bond acceptors (Lipinski definition) is 3. The Balaban J connectivity index is 1.32. The molecule has 0 radical (unpaired) electrons. The van der Waals surface area contributed by atoms with Gasteiger partial charge in [0.2, 0.25) is 0 Å². The van der Waals surface area contributed by atoms with Crippen LogP contribution in [0.3, 0.4) is 0 Å². The van der Waals surface area contributed by atoms with Crippen LogP contribution in [0.5, 0.6) is 11.5 Å². The summed E-state index contributed by atoms with van der Waals surface area (Å²) in [4.78, 5) is 2.28. The van der Waals surface area contributed by atoms with Crippen molar-refractivity contribution in [3.63, 3.8) is 0 Å². The van der Waals surface area contributed by atoms with Gasteiger partial charge in [0.15, 0.2) is 11.5 Å². The topological polar surface area (TPSA) is 17.4 Å². The van der Waals surface area contributed by atoms with Gasteiger partial charge >= 0.3 is 0 Å². The second-order valence-electron chi connectivity index (χ2n) is 9.07. The number of nitrogens with zero attached hydrogens (tertiary/aromatic N) is 2. The first-order valence-corrected chi connectivity index (χ1v) is 12.9. The predicted molar refractivity (Wildman–Crippen MR) is 151 cm³/mol. The van der Waals surface area contributed by atoms with Gasteiger partial charge in [0.25, 0.3) is 0 Å². The summed E-state index contributed by atoms with van der Waals surface area (Å²) in [6.45, 7) is 0. The second-order valence-corrected chi connectivity index (χ2v) is 10.0. The Labute approximate surface area is 212 Å². The van der Waals surface area contributed by atoms with Gasteiger partial charge in [0.05, 0.1) is 22.4 Å². The van der Waals surface area contributed by atoms with Crippen LogP contribution < -0.4 is 9.64 Å². The van der Waals surface area contributed by atoms with Crippen molar-refractivity contribution in [3.8, 4) is 17.2 Å². The number of hydrogen-bond donors (Lipinski definition) is 0. The highest BCUT2D eigenvalue weighted by Gasteiger charge is 2.25. The number of benzene rings is 5. The summed E-state index contributed by atoms with van der Waals surface area (Å²) in [7, 11) is 0. The van der Waals surface area contributed by atoms with Crippen molar-refractivity contribution in [1.82, 2.24) is 4.57 Å². The highest BCUT2D eigenvalue weighted by Crippen LogP contribution is 2.50. The van der Waals surface area contributed by atoms with E-state index < -0.39 is 0 Å². The number of rotatable bonds is 2. The van der Waals surface area contributed by atoms with Crippen molar-refractivity contribution >= 4 is 60.3 Å². The fourth-order valence-corrected chi connectivity index (χ4v) is 6.24. The van der Waals surface area contributed by atoms with E-state index in [-0.39, 0.29) is 0 Å². The maximum absolute atomic E-state index is 6.19. The van der Waals surface area contributed by atoms with Crippen molar-refractivity contribution in [3.05, 3.63) is 121 Å². The van der Waals surface area contributed by atoms with Crippen LogP contribution >= 0.6 is 11.3 Å². The summed E-state index contributed by atoms with van der Waals surface area (Å²) >= 11 is 1.79.